The van der Waals surface area contributed by atoms with E-state index < -0.39 is 15.1 Å². The Labute approximate surface area is 162 Å². The molecule has 138 valence electrons. The number of halogens is 1. The molecule has 1 aliphatic heterocycles. The Kier molecular flexibility index (Phi) is 5.89. The van der Waals surface area contributed by atoms with E-state index in [-0.39, 0.29) is 18.2 Å². The van der Waals surface area contributed by atoms with E-state index in [4.69, 9.17) is 11.6 Å². The van der Waals surface area contributed by atoms with Crippen LogP contribution in [0.5, 0.6) is 0 Å². The third kappa shape index (κ3) is 3.89. The minimum absolute atomic E-state index is 0.0799. The number of carbonyl (C=O) groups excluding carboxylic acids is 1. The summed E-state index contributed by atoms with van der Waals surface area (Å²) < 4.78 is 25.5. The second kappa shape index (κ2) is 7.98. The first-order valence-corrected chi connectivity index (χ1v) is 11.5. The number of pyridine rings is 1. The fraction of sp³-hybridized carbons (Fsp3) is 0.333. The van der Waals surface area contributed by atoms with Crippen LogP contribution >= 0.6 is 23.4 Å². The third-order valence-electron chi connectivity index (χ3n) is 4.47. The number of thioether (sulfide) groups is 1. The van der Waals surface area contributed by atoms with Gasteiger partial charge >= 0.3 is 0 Å². The highest BCUT2D eigenvalue weighted by atomic mass is 35.5. The van der Waals surface area contributed by atoms with Crippen molar-refractivity contribution in [1.82, 2.24) is 9.88 Å². The van der Waals surface area contributed by atoms with E-state index in [9.17, 15) is 13.2 Å². The Morgan fingerprint density at radius 3 is 2.73 bits per heavy atom. The summed E-state index contributed by atoms with van der Waals surface area (Å²) >= 11 is 7.61. The zero-order valence-electron chi connectivity index (χ0n) is 14.3. The molecule has 5 nitrogen and oxygen atoms in total. The molecule has 1 aromatic heterocycles. The number of sulfone groups is 1. The Hall–Kier alpha value is -1.57. The molecule has 1 unspecified atom stereocenters. The molecule has 0 bridgehead atoms. The van der Waals surface area contributed by atoms with Crippen molar-refractivity contribution in [1.29, 1.82) is 0 Å². The van der Waals surface area contributed by atoms with E-state index in [1.165, 1.54) is 11.8 Å². The average Bonchev–Trinajstić information content (AvgIpc) is 2.80. The zero-order valence-corrected chi connectivity index (χ0v) is 16.6. The van der Waals surface area contributed by atoms with Crippen molar-refractivity contribution in [2.75, 3.05) is 25.1 Å². The summed E-state index contributed by atoms with van der Waals surface area (Å²) in [5.41, 5.74) is 1.11. The van der Waals surface area contributed by atoms with Crippen LogP contribution in [0.15, 0.2) is 47.6 Å². The number of aromatic nitrogens is 1. The van der Waals surface area contributed by atoms with Crippen molar-refractivity contribution in [3.8, 4) is 0 Å². The lowest BCUT2D eigenvalue weighted by Crippen LogP contribution is -2.34. The fourth-order valence-corrected chi connectivity index (χ4v) is 5.81. The number of benzene rings is 1. The lowest BCUT2D eigenvalue weighted by atomic mass is 10.1. The number of amides is 1. The van der Waals surface area contributed by atoms with Gasteiger partial charge < -0.3 is 4.90 Å². The highest BCUT2D eigenvalue weighted by Crippen LogP contribution is 2.34. The molecule has 1 saturated heterocycles. The highest BCUT2D eigenvalue weighted by Gasteiger charge is 2.34. The number of hydrogen-bond donors (Lipinski definition) is 0. The standard InChI is InChI=1S/C18H19ClN2O3S2/c1-25-17-14(6-4-9-20-17)18(22)21-10-8-16(26(23,24)12-11-21)13-5-2-3-7-15(13)19/h2-7,9,16H,8,10-12H2,1H3. The summed E-state index contributed by atoms with van der Waals surface area (Å²) in [6, 6.07) is 10.4. The number of carbonyl (C=O) groups is 1. The maximum atomic E-state index is 12.9. The topological polar surface area (TPSA) is 67.3 Å². The van der Waals surface area contributed by atoms with E-state index in [1.54, 1.807) is 47.5 Å². The molecule has 0 aliphatic carbocycles. The van der Waals surface area contributed by atoms with Crippen molar-refractivity contribution >= 4 is 39.1 Å². The van der Waals surface area contributed by atoms with Gasteiger partial charge in [0.25, 0.3) is 5.91 Å². The molecule has 2 aromatic rings. The van der Waals surface area contributed by atoms with Gasteiger partial charge in [0.2, 0.25) is 0 Å². The molecule has 1 atom stereocenters. The van der Waals surface area contributed by atoms with Gasteiger partial charge in [-0.15, -0.1) is 11.8 Å². The van der Waals surface area contributed by atoms with Crippen LogP contribution in [0.4, 0.5) is 0 Å². The molecule has 0 N–H and O–H groups in total. The van der Waals surface area contributed by atoms with Gasteiger partial charge in [-0.1, -0.05) is 29.8 Å². The number of hydrogen-bond acceptors (Lipinski definition) is 5. The van der Waals surface area contributed by atoms with Crippen LogP contribution < -0.4 is 0 Å². The molecule has 1 fully saturated rings. The summed E-state index contributed by atoms with van der Waals surface area (Å²) in [6.07, 6.45) is 3.83. The van der Waals surface area contributed by atoms with Crippen molar-refractivity contribution < 1.29 is 13.2 Å². The Morgan fingerprint density at radius 2 is 2.00 bits per heavy atom. The van der Waals surface area contributed by atoms with E-state index in [0.717, 1.165) is 0 Å². The van der Waals surface area contributed by atoms with Gasteiger partial charge in [-0.3, -0.25) is 4.79 Å². The van der Waals surface area contributed by atoms with Crippen LogP contribution in [0.2, 0.25) is 5.02 Å². The normalized spacial score (nSPS) is 19.8. The number of rotatable bonds is 3. The van der Waals surface area contributed by atoms with Gasteiger partial charge in [0.1, 0.15) is 5.03 Å². The van der Waals surface area contributed by atoms with E-state index >= 15 is 0 Å². The summed E-state index contributed by atoms with van der Waals surface area (Å²) in [4.78, 5) is 18.7. The Morgan fingerprint density at radius 1 is 1.23 bits per heavy atom. The second-order valence-corrected chi connectivity index (χ2v) is 9.52. The van der Waals surface area contributed by atoms with Crippen LogP contribution in [-0.4, -0.2) is 49.3 Å². The van der Waals surface area contributed by atoms with Gasteiger partial charge in [-0.25, -0.2) is 13.4 Å². The first-order chi connectivity index (χ1) is 12.4. The molecule has 1 amide bonds. The van der Waals surface area contributed by atoms with E-state index in [2.05, 4.69) is 4.98 Å². The predicted molar refractivity (Wildman–Crippen MR) is 105 cm³/mol. The zero-order chi connectivity index (χ0) is 18.7. The average molecular weight is 411 g/mol. The molecule has 3 rings (SSSR count). The van der Waals surface area contributed by atoms with E-state index in [1.807, 2.05) is 6.26 Å². The monoisotopic (exact) mass is 410 g/mol. The Balaban J connectivity index is 1.87. The Bertz CT molecular complexity index is 918. The molecule has 1 aromatic carbocycles. The van der Waals surface area contributed by atoms with Crippen LogP contribution in [0.3, 0.4) is 0 Å². The lowest BCUT2D eigenvalue weighted by Gasteiger charge is -2.21. The smallest absolute Gasteiger partial charge is 0.256 e. The van der Waals surface area contributed by atoms with Crippen molar-refractivity contribution in [2.24, 2.45) is 0 Å². The van der Waals surface area contributed by atoms with Gasteiger partial charge in [-0.2, -0.15) is 0 Å². The van der Waals surface area contributed by atoms with Gasteiger partial charge in [0.05, 0.1) is 16.6 Å². The second-order valence-electron chi connectivity index (χ2n) is 6.02. The lowest BCUT2D eigenvalue weighted by molar-refractivity contribution is 0.0762. The molecular formula is C18H19ClN2O3S2. The predicted octanol–water partition coefficient (Wildman–Crippen LogP) is 3.46. The number of nitrogens with zero attached hydrogens (tertiary/aromatic N) is 2. The molecule has 26 heavy (non-hydrogen) atoms. The molecule has 0 saturated carbocycles. The highest BCUT2D eigenvalue weighted by molar-refractivity contribution is 7.98. The van der Waals surface area contributed by atoms with Crippen LogP contribution in [0, 0.1) is 0 Å². The molecule has 0 radical (unpaired) electrons. The fourth-order valence-electron chi connectivity index (χ4n) is 3.12. The molecule has 8 heteroatoms. The van der Waals surface area contributed by atoms with Gasteiger partial charge in [0, 0.05) is 24.3 Å². The van der Waals surface area contributed by atoms with Gasteiger partial charge in [-0.05, 0) is 36.4 Å². The molecule has 2 heterocycles. The van der Waals surface area contributed by atoms with Crippen molar-refractivity contribution in [3.63, 3.8) is 0 Å². The minimum Gasteiger partial charge on any atom is -0.337 e. The molecular weight excluding hydrogens is 392 g/mol. The quantitative estimate of drug-likeness (QED) is 0.725. The molecule has 1 aliphatic rings. The SMILES string of the molecule is CSc1ncccc1C(=O)N1CCC(c2ccccc2Cl)S(=O)(=O)CC1. The summed E-state index contributed by atoms with van der Waals surface area (Å²) in [6.45, 7) is 0.529. The van der Waals surface area contributed by atoms with Gasteiger partial charge in [0.15, 0.2) is 9.84 Å². The van der Waals surface area contributed by atoms with Crippen LogP contribution in [0.25, 0.3) is 0 Å². The summed E-state index contributed by atoms with van der Waals surface area (Å²) in [5, 5.41) is 0.396. The van der Waals surface area contributed by atoms with Crippen molar-refractivity contribution in [3.05, 3.63) is 58.7 Å². The first kappa shape index (κ1) is 19.2. The van der Waals surface area contributed by atoms with Crippen LogP contribution in [0.1, 0.15) is 27.6 Å². The van der Waals surface area contributed by atoms with Crippen molar-refractivity contribution in [2.45, 2.75) is 16.7 Å². The maximum absolute atomic E-state index is 12.9. The third-order valence-corrected chi connectivity index (χ3v) is 7.64. The first-order valence-electron chi connectivity index (χ1n) is 8.18. The van der Waals surface area contributed by atoms with E-state index in [0.29, 0.717) is 34.1 Å². The summed E-state index contributed by atoms with van der Waals surface area (Å²) in [5.74, 6) is -0.263. The molecule has 0 spiro atoms. The maximum Gasteiger partial charge on any atom is 0.256 e. The summed E-state index contributed by atoms with van der Waals surface area (Å²) in [7, 11) is -3.40. The largest absolute Gasteiger partial charge is 0.337 e. The van der Waals surface area contributed by atoms with Crippen LogP contribution in [-0.2, 0) is 9.84 Å². The minimum atomic E-state index is -3.40.